The van der Waals surface area contributed by atoms with Gasteiger partial charge in [-0.25, -0.2) is 4.79 Å². The summed E-state index contributed by atoms with van der Waals surface area (Å²) in [6.45, 7) is 7.26. The Morgan fingerprint density at radius 1 is 1.10 bits per heavy atom. The topological polar surface area (TPSA) is 96.0 Å². The third-order valence-corrected chi connectivity index (χ3v) is 5.53. The van der Waals surface area contributed by atoms with Crippen molar-refractivity contribution in [2.75, 3.05) is 20.8 Å². The molecule has 3 atom stereocenters. The van der Waals surface area contributed by atoms with Crippen LogP contribution in [0.2, 0.25) is 0 Å². The van der Waals surface area contributed by atoms with E-state index in [0.717, 1.165) is 5.56 Å². The molecule has 1 aromatic carbocycles. The fourth-order valence-corrected chi connectivity index (χ4v) is 4.23. The molecule has 7 nitrogen and oxygen atoms in total. The van der Waals surface area contributed by atoms with Gasteiger partial charge in [0.1, 0.15) is 0 Å². The highest BCUT2D eigenvalue weighted by molar-refractivity contribution is 6.35. The van der Waals surface area contributed by atoms with Gasteiger partial charge in [-0.1, -0.05) is 35.9 Å². The summed E-state index contributed by atoms with van der Waals surface area (Å²) in [6.07, 6.45) is 1.42. The van der Waals surface area contributed by atoms with Gasteiger partial charge in [-0.3, -0.25) is 14.4 Å². The Morgan fingerprint density at radius 3 is 2.10 bits per heavy atom. The van der Waals surface area contributed by atoms with Gasteiger partial charge in [0, 0.05) is 11.8 Å². The highest BCUT2D eigenvalue weighted by atomic mass is 16.5. The van der Waals surface area contributed by atoms with Gasteiger partial charge in [0.2, 0.25) is 5.78 Å². The zero-order valence-electron chi connectivity index (χ0n) is 17.1. The van der Waals surface area contributed by atoms with Gasteiger partial charge in [0.15, 0.2) is 5.41 Å². The minimum atomic E-state index is -1.79. The number of allylic oxidation sites excluding steroid dienone is 1. The highest BCUT2D eigenvalue weighted by Crippen LogP contribution is 2.57. The van der Waals surface area contributed by atoms with Crippen molar-refractivity contribution in [3.63, 3.8) is 0 Å². The summed E-state index contributed by atoms with van der Waals surface area (Å²) in [5, 5.41) is 0. The van der Waals surface area contributed by atoms with Gasteiger partial charge in [0.25, 0.3) is 0 Å². The average Bonchev–Trinajstić information content (AvgIpc) is 3.08. The van der Waals surface area contributed by atoms with E-state index in [1.165, 1.54) is 20.3 Å². The van der Waals surface area contributed by atoms with Gasteiger partial charge < -0.3 is 14.2 Å². The molecule has 1 aromatic rings. The first-order valence-corrected chi connectivity index (χ1v) is 9.35. The van der Waals surface area contributed by atoms with Gasteiger partial charge >= 0.3 is 17.9 Å². The molecule has 0 radical (unpaired) electrons. The van der Waals surface area contributed by atoms with Crippen molar-refractivity contribution in [3.8, 4) is 0 Å². The number of hydrogen-bond acceptors (Lipinski definition) is 7. The van der Waals surface area contributed by atoms with Crippen LogP contribution in [-0.4, -0.2) is 44.5 Å². The van der Waals surface area contributed by atoms with Crippen molar-refractivity contribution in [2.45, 2.75) is 26.2 Å². The Labute approximate surface area is 170 Å². The summed E-state index contributed by atoms with van der Waals surface area (Å²) >= 11 is 0. The van der Waals surface area contributed by atoms with Crippen molar-refractivity contribution in [1.82, 2.24) is 0 Å². The van der Waals surface area contributed by atoms with Crippen molar-refractivity contribution in [3.05, 3.63) is 48.0 Å². The lowest BCUT2D eigenvalue weighted by Crippen LogP contribution is -2.45. The smallest absolute Gasteiger partial charge is 0.374 e. The highest BCUT2D eigenvalue weighted by Gasteiger charge is 2.66. The maximum Gasteiger partial charge on any atom is 0.374 e. The van der Waals surface area contributed by atoms with Crippen molar-refractivity contribution >= 4 is 23.7 Å². The Bertz CT molecular complexity index is 793. The number of ether oxygens (including phenoxy) is 3. The van der Waals surface area contributed by atoms with Crippen LogP contribution in [0.25, 0.3) is 0 Å². The minimum Gasteiger partial charge on any atom is -0.468 e. The van der Waals surface area contributed by atoms with Gasteiger partial charge in [-0.05, 0) is 31.7 Å². The van der Waals surface area contributed by atoms with Crippen LogP contribution in [0.15, 0.2) is 36.9 Å². The fourth-order valence-electron chi connectivity index (χ4n) is 4.23. The van der Waals surface area contributed by atoms with Crippen molar-refractivity contribution < 1.29 is 33.4 Å². The number of carbonyl (C=O) groups excluding carboxylic acids is 4. The molecule has 0 aliphatic heterocycles. The molecule has 0 bridgehead atoms. The van der Waals surface area contributed by atoms with E-state index in [-0.39, 0.29) is 13.0 Å². The van der Waals surface area contributed by atoms with E-state index in [1.54, 1.807) is 19.1 Å². The van der Waals surface area contributed by atoms with E-state index in [9.17, 15) is 19.2 Å². The first-order valence-electron chi connectivity index (χ1n) is 9.35. The quantitative estimate of drug-likeness (QED) is 0.227. The molecule has 156 valence electrons. The summed E-state index contributed by atoms with van der Waals surface area (Å²) in [5.41, 5.74) is -0.273. The van der Waals surface area contributed by atoms with Crippen LogP contribution in [0.1, 0.15) is 30.4 Å². The van der Waals surface area contributed by atoms with Gasteiger partial charge in [-0.2, -0.15) is 0 Å². The van der Waals surface area contributed by atoms with Crippen LogP contribution in [0, 0.1) is 24.2 Å². The first kappa shape index (κ1) is 22.3. The third-order valence-electron chi connectivity index (χ3n) is 5.53. The Hall–Kier alpha value is -2.96. The van der Waals surface area contributed by atoms with Crippen LogP contribution in [0.3, 0.4) is 0 Å². The van der Waals surface area contributed by atoms with Crippen molar-refractivity contribution in [1.29, 1.82) is 0 Å². The molecule has 0 spiro atoms. The second kappa shape index (κ2) is 9.03. The number of carbonyl (C=O) groups is 4. The molecule has 1 saturated carbocycles. The SMILES string of the molecule is C=C[C@H]1CC(C(=O)OC)(C(=O)OC)[C@H](c2ccc(C)cc2)[C@H]1C(=O)C(=O)OCC. The Morgan fingerprint density at radius 2 is 1.66 bits per heavy atom. The van der Waals surface area contributed by atoms with Crippen molar-refractivity contribution in [2.24, 2.45) is 17.3 Å². The summed E-state index contributed by atoms with van der Waals surface area (Å²) in [4.78, 5) is 51.2. The van der Waals surface area contributed by atoms with E-state index in [1.807, 2.05) is 19.1 Å². The molecule has 0 amide bonds. The zero-order valence-corrected chi connectivity index (χ0v) is 17.1. The van der Waals surface area contributed by atoms with E-state index in [0.29, 0.717) is 5.56 Å². The van der Waals surface area contributed by atoms with E-state index in [4.69, 9.17) is 14.2 Å². The molecule has 2 rings (SSSR count). The summed E-state index contributed by atoms with van der Waals surface area (Å²) in [5.74, 6) is -6.07. The first-order chi connectivity index (χ1) is 13.8. The summed E-state index contributed by atoms with van der Waals surface area (Å²) in [6, 6.07) is 7.08. The summed E-state index contributed by atoms with van der Waals surface area (Å²) < 4.78 is 14.8. The molecule has 1 aliphatic carbocycles. The second-order valence-corrected chi connectivity index (χ2v) is 7.06. The lowest BCUT2D eigenvalue weighted by molar-refractivity contribution is -0.171. The molecule has 0 N–H and O–H groups in total. The summed E-state index contributed by atoms with van der Waals surface area (Å²) in [7, 11) is 2.34. The van der Waals surface area contributed by atoms with E-state index in [2.05, 4.69) is 6.58 Å². The second-order valence-electron chi connectivity index (χ2n) is 7.06. The normalized spacial score (nSPS) is 22.4. The standard InChI is InChI=1S/C22H26O7/c1-6-14-12-22(20(25)27-4,21(26)28-5)17(15-10-8-13(3)9-11-15)16(14)18(23)19(24)29-7-2/h6,8-11,14,16-17H,1,7,12H2,2-5H3/t14-,16-,17+/m0/s1. The van der Waals surface area contributed by atoms with Crippen LogP contribution >= 0.6 is 0 Å². The molecule has 0 aromatic heterocycles. The molecule has 0 saturated heterocycles. The van der Waals surface area contributed by atoms with Gasteiger partial charge in [-0.15, -0.1) is 6.58 Å². The number of hydrogen-bond donors (Lipinski definition) is 0. The molecule has 1 fully saturated rings. The number of Topliss-reactive ketones (excluding diaryl/α,β-unsaturated/α-hetero) is 1. The largest absolute Gasteiger partial charge is 0.468 e. The van der Waals surface area contributed by atoms with Crippen LogP contribution in [0.4, 0.5) is 0 Å². The lowest BCUT2D eigenvalue weighted by Gasteiger charge is -2.32. The zero-order chi connectivity index (χ0) is 21.8. The predicted molar refractivity (Wildman–Crippen MR) is 104 cm³/mol. The number of ketones is 1. The number of esters is 3. The molecule has 1 aliphatic rings. The molecule has 7 heteroatoms. The van der Waals surface area contributed by atoms with E-state index >= 15 is 0 Å². The number of methoxy groups -OCH3 is 2. The molecular weight excluding hydrogens is 376 g/mol. The number of aryl methyl sites for hydroxylation is 1. The maximum absolute atomic E-state index is 13.0. The average molecular weight is 402 g/mol. The Kier molecular flexibility index (Phi) is 6.95. The third kappa shape index (κ3) is 3.81. The number of benzene rings is 1. The van der Waals surface area contributed by atoms with Crippen LogP contribution in [0.5, 0.6) is 0 Å². The predicted octanol–water partition coefficient (Wildman–Crippen LogP) is 2.37. The minimum absolute atomic E-state index is 0.0321. The molecule has 0 heterocycles. The molecule has 0 unspecified atom stereocenters. The van der Waals surface area contributed by atoms with Gasteiger partial charge in [0.05, 0.1) is 20.8 Å². The Balaban J connectivity index is 2.75. The lowest BCUT2D eigenvalue weighted by atomic mass is 9.70. The monoisotopic (exact) mass is 402 g/mol. The van der Waals surface area contributed by atoms with Crippen LogP contribution in [-0.2, 0) is 33.4 Å². The molecule has 29 heavy (non-hydrogen) atoms. The van der Waals surface area contributed by atoms with Crippen LogP contribution < -0.4 is 0 Å². The maximum atomic E-state index is 13.0. The van der Waals surface area contributed by atoms with E-state index < -0.39 is 46.9 Å². The molecular formula is C22H26O7. The fraction of sp³-hybridized carbons (Fsp3) is 0.455. The number of rotatable bonds is 7.